The fourth-order valence-corrected chi connectivity index (χ4v) is 1.46. The van der Waals surface area contributed by atoms with Gasteiger partial charge in [-0.25, -0.2) is 4.98 Å². The summed E-state index contributed by atoms with van der Waals surface area (Å²) in [5.41, 5.74) is -0.777. The highest BCUT2D eigenvalue weighted by Crippen LogP contribution is 2.28. The molecule has 2 rings (SSSR count). The Bertz CT molecular complexity index is 712. The molecule has 0 aliphatic carbocycles. The van der Waals surface area contributed by atoms with E-state index < -0.39 is 49.6 Å². The molecule has 0 bridgehead atoms. The van der Waals surface area contributed by atoms with E-state index in [2.05, 4.69) is 9.72 Å². The van der Waals surface area contributed by atoms with Gasteiger partial charge in [0.15, 0.2) is 0 Å². The summed E-state index contributed by atoms with van der Waals surface area (Å²) >= 11 is 0. The molecule has 1 fully saturated rings. The molecule has 0 radical (unpaired) electrons. The lowest BCUT2D eigenvalue weighted by molar-refractivity contribution is -0.141. The second-order valence-electron chi connectivity index (χ2n) is 3.48. The van der Waals surface area contributed by atoms with Gasteiger partial charge in [0.1, 0.15) is 5.82 Å². The minimum atomic E-state index is -3.05. The highest BCUT2D eigenvalue weighted by atomic mass is 16.5. The predicted molar refractivity (Wildman–Crippen MR) is 59.9 cm³/mol. The Labute approximate surface area is 108 Å². The average molecular weight is 231 g/mol. The Hall–Kier alpha value is -1.32. The third-order valence-corrected chi connectivity index (χ3v) is 2.43. The molecule has 1 aromatic rings. The molecule has 88 valence electrons. The predicted octanol–water partition coefficient (Wildman–Crippen LogP) is 1.47. The number of aromatic nitrogens is 2. The van der Waals surface area contributed by atoms with Gasteiger partial charge in [0.05, 0.1) is 16.6 Å². The van der Waals surface area contributed by atoms with Crippen LogP contribution in [0.25, 0.3) is 0 Å². The van der Waals surface area contributed by atoms with E-state index in [1.165, 1.54) is 13.8 Å². The first-order valence-corrected chi connectivity index (χ1v) is 4.92. The summed E-state index contributed by atoms with van der Waals surface area (Å²) in [5, 5.41) is 0. The van der Waals surface area contributed by atoms with E-state index in [4.69, 9.17) is 12.3 Å². The van der Waals surface area contributed by atoms with Crippen molar-refractivity contribution in [3.8, 4) is 0 Å². The molecule has 2 atom stereocenters. The van der Waals surface area contributed by atoms with Crippen LogP contribution in [-0.2, 0) is 22.9 Å². The number of nitrogens with zero attached hydrogens (tertiary/aromatic N) is 2. The number of hydrogen-bond donors (Lipinski definition) is 0. The number of cyclic esters (lactones) is 1. The highest BCUT2D eigenvalue weighted by molar-refractivity contribution is 5.74. The summed E-state index contributed by atoms with van der Waals surface area (Å²) < 4.78 is 76.7. The van der Waals surface area contributed by atoms with E-state index in [0.717, 1.165) is 0 Å². The molecule has 0 spiro atoms. The van der Waals surface area contributed by atoms with Gasteiger partial charge in [-0.1, -0.05) is 6.92 Å². The van der Waals surface area contributed by atoms with E-state index in [-0.39, 0.29) is 12.2 Å². The first-order valence-electron chi connectivity index (χ1n) is 9.42. The van der Waals surface area contributed by atoms with E-state index in [1.807, 2.05) is 0 Å². The van der Waals surface area contributed by atoms with Crippen molar-refractivity contribution < 1.29 is 21.9 Å². The van der Waals surface area contributed by atoms with Crippen molar-refractivity contribution in [1.29, 1.82) is 0 Å². The third-order valence-electron chi connectivity index (χ3n) is 2.43. The van der Waals surface area contributed by atoms with Gasteiger partial charge in [0.2, 0.25) is 0 Å². The number of ether oxygens (including phenoxy) is 1. The normalized spacial score (nSPS) is 42.5. The van der Waals surface area contributed by atoms with Crippen LogP contribution in [0.3, 0.4) is 0 Å². The lowest BCUT2D eigenvalue weighted by Crippen LogP contribution is -2.18. The van der Waals surface area contributed by atoms with Crippen LogP contribution in [0.5, 0.6) is 0 Å². The molecule has 4 nitrogen and oxygen atoms in total. The zero-order valence-electron chi connectivity index (χ0n) is 18.0. The summed E-state index contributed by atoms with van der Waals surface area (Å²) in [7, 11) is 0. The van der Waals surface area contributed by atoms with Crippen molar-refractivity contribution in [2.24, 2.45) is 18.8 Å². The zero-order chi connectivity index (χ0) is 19.6. The quantitative estimate of drug-likeness (QED) is 0.740. The summed E-state index contributed by atoms with van der Waals surface area (Å²) in [4.78, 5) is 15.6. The van der Waals surface area contributed by atoms with E-state index >= 15 is 0 Å². The SMILES string of the molecule is [2H]c1nc(C)n(C([2H])([2H])[2H])c1C([2H])([2H])[C@]1([2H])[C@H](CC)C(=O)OC1([2H])[2H]. The van der Waals surface area contributed by atoms with Gasteiger partial charge in [-0.3, -0.25) is 4.79 Å². The van der Waals surface area contributed by atoms with Crippen molar-refractivity contribution in [2.75, 3.05) is 6.56 Å². The third kappa shape index (κ3) is 1.84. The van der Waals surface area contributed by atoms with Crippen molar-refractivity contribution in [2.45, 2.75) is 26.6 Å². The highest BCUT2D eigenvalue weighted by Gasteiger charge is 2.35. The van der Waals surface area contributed by atoms with Crippen LogP contribution in [0, 0.1) is 18.7 Å². The van der Waals surface area contributed by atoms with Crippen LogP contribution in [0.1, 0.15) is 37.2 Å². The second kappa shape index (κ2) is 4.28. The number of hydrogen-bond acceptors (Lipinski definition) is 3. The molecule has 1 aliphatic rings. The summed E-state index contributed by atoms with van der Waals surface area (Å²) in [6, 6.07) is 0. The molecule has 1 aromatic heterocycles. The molecule has 1 aliphatic heterocycles. The minimum absolute atomic E-state index is 0.0877. The van der Waals surface area contributed by atoms with Gasteiger partial charge >= 0.3 is 5.97 Å². The van der Waals surface area contributed by atoms with Crippen LogP contribution >= 0.6 is 0 Å². The smallest absolute Gasteiger partial charge is 0.309 e. The van der Waals surface area contributed by atoms with Crippen molar-refractivity contribution in [3.05, 3.63) is 17.7 Å². The Balaban J connectivity index is 2.81. The lowest BCUT2D eigenvalue weighted by atomic mass is 9.89. The average Bonchev–Trinajstić information content (AvgIpc) is 2.81. The number of rotatable bonds is 3. The fraction of sp³-hybridized carbons (Fsp3) is 0.667. The minimum Gasteiger partial charge on any atom is -0.465 e. The van der Waals surface area contributed by atoms with Gasteiger partial charge in [-0.15, -0.1) is 0 Å². The first-order chi connectivity index (χ1) is 11.1. The summed E-state index contributed by atoms with van der Waals surface area (Å²) in [6.45, 7) is -3.17. The summed E-state index contributed by atoms with van der Waals surface area (Å²) in [6.07, 6.45) is -3.86. The van der Waals surface area contributed by atoms with Crippen molar-refractivity contribution in [1.82, 2.24) is 9.55 Å². The Kier molecular flexibility index (Phi) is 1.21. The number of imidazole rings is 1. The standard InChI is InChI=1S/C12H18N2O2/c1-4-11-9(7-16-12(11)15)5-10-6-13-8(2)14(10)3/h6,9,11H,4-5,7H2,1-3H3/t9-,11-/m0/s1/i3D3,5D2,6D,7D2,9D. The van der Waals surface area contributed by atoms with Gasteiger partial charge in [0.25, 0.3) is 0 Å². The zero-order valence-corrected chi connectivity index (χ0v) is 9.00. The topological polar surface area (TPSA) is 44.1 Å². The summed E-state index contributed by atoms with van der Waals surface area (Å²) in [5.74, 6) is -5.52. The largest absolute Gasteiger partial charge is 0.465 e. The van der Waals surface area contributed by atoms with Gasteiger partial charge < -0.3 is 9.30 Å². The molecule has 2 heterocycles. The van der Waals surface area contributed by atoms with Crippen LogP contribution in [0.15, 0.2) is 6.17 Å². The van der Waals surface area contributed by atoms with E-state index in [1.54, 1.807) is 0 Å². The fourth-order valence-electron chi connectivity index (χ4n) is 1.46. The first kappa shape index (κ1) is 4.51. The number of carbonyl (C=O) groups is 1. The van der Waals surface area contributed by atoms with Gasteiger partial charge in [0, 0.05) is 33.0 Å². The number of aryl methyl sites for hydroxylation is 1. The molecule has 0 saturated carbocycles. The maximum absolute atomic E-state index is 12.0. The molecule has 0 amide bonds. The maximum Gasteiger partial charge on any atom is 0.309 e. The lowest BCUT2D eigenvalue weighted by Gasteiger charge is -2.13. The van der Waals surface area contributed by atoms with E-state index in [0.29, 0.717) is 4.57 Å². The monoisotopic (exact) mass is 231 g/mol. The number of carbonyl (C=O) groups excluding carboxylic acids is 1. The van der Waals surface area contributed by atoms with Crippen LogP contribution in [-0.4, -0.2) is 22.1 Å². The maximum atomic E-state index is 12.0. The molecule has 4 heteroatoms. The Morgan fingerprint density at radius 2 is 2.81 bits per heavy atom. The van der Waals surface area contributed by atoms with Crippen LogP contribution < -0.4 is 0 Å². The van der Waals surface area contributed by atoms with Gasteiger partial charge in [-0.2, -0.15) is 0 Å². The molecule has 0 N–H and O–H groups in total. The van der Waals surface area contributed by atoms with Crippen LogP contribution in [0.4, 0.5) is 0 Å². The molecule has 1 saturated heterocycles. The molecule has 16 heavy (non-hydrogen) atoms. The molecular weight excluding hydrogens is 204 g/mol. The van der Waals surface area contributed by atoms with Crippen molar-refractivity contribution >= 4 is 5.97 Å². The van der Waals surface area contributed by atoms with E-state index in [9.17, 15) is 4.79 Å². The Morgan fingerprint density at radius 1 is 2.00 bits per heavy atom. The molecule has 0 aromatic carbocycles. The molecular formula is C12H18N2O2. The molecule has 0 unspecified atom stereocenters. The van der Waals surface area contributed by atoms with Crippen molar-refractivity contribution in [3.63, 3.8) is 0 Å². The van der Waals surface area contributed by atoms with Gasteiger partial charge in [-0.05, 0) is 19.7 Å². The second-order valence-corrected chi connectivity index (χ2v) is 3.48. The number of esters is 1. The van der Waals surface area contributed by atoms with Crippen LogP contribution in [0.2, 0.25) is 0 Å². The Morgan fingerprint density at radius 3 is 3.50 bits per heavy atom.